The van der Waals surface area contributed by atoms with Gasteiger partial charge in [-0.25, -0.2) is 9.97 Å². The van der Waals surface area contributed by atoms with Crippen molar-refractivity contribution < 1.29 is 9.59 Å². The molecule has 2 atom stereocenters. The van der Waals surface area contributed by atoms with E-state index in [1.54, 1.807) is 24.8 Å². The summed E-state index contributed by atoms with van der Waals surface area (Å²) in [5, 5.41) is 6.29. The van der Waals surface area contributed by atoms with Crippen LogP contribution < -0.4 is 10.6 Å². The number of imidazole rings is 2. The predicted octanol–water partition coefficient (Wildman–Crippen LogP) is 9.71. The van der Waals surface area contributed by atoms with Gasteiger partial charge in [0.05, 0.1) is 40.0 Å². The molecule has 4 aliphatic rings. The number of amides is 2. The standard InChI is InChI=1S/C19H22N4O.C19H20N4O.C6H12/c1-4-18(2,3)17(24)23-19-7-5-12(9-13(19)10-19)16-21-14-6-8-20-11-15(14)22-16;24-19(14-4-2-1-3-5-14)21-15-8-6-13(7-9-15)18-22-16-10-11-20-12-17(16)23-18;1-2-4-6-5-3-1/h5-9,11,13H,4,10H2,1-3H3,(H,21,22)(H,23,24);6-12,14H,1-5H2,(H,21,24)(H,22,23);1-6H2. The zero-order chi connectivity index (χ0) is 37.5. The number of anilines is 1. The SMILES string of the molecule is C1CCCCC1.CCC(C)(C)C(=O)NC12C=CC(c3nc4ccncc4[nH]3)=CC1C2.O=C(Nc1ccc(-c2nc3ccncc3[nH]2)cc1)C1CCCCC1. The number of hydrogen-bond acceptors (Lipinski definition) is 6. The first-order valence-corrected chi connectivity index (χ1v) is 20.0. The number of allylic oxidation sites excluding steroid dienone is 2. The Morgan fingerprint density at radius 1 is 0.796 bits per heavy atom. The van der Waals surface area contributed by atoms with Gasteiger partial charge in [0, 0.05) is 46.5 Å². The number of benzene rings is 1. The minimum atomic E-state index is -0.328. The molecule has 0 radical (unpaired) electrons. The molecule has 9 rings (SSSR count). The van der Waals surface area contributed by atoms with Crippen molar-refractivity contribution in [2.45, 2.75) is 110 Å². The number of aromatic nitrogens is 6. The molecular weight excluding hydrogens is 673 g/mol. The molecule has 3 saturated carbocycles. The summed E-state index contributed by atoms with van der Waals surface area (Å²) >= 11 is 0. The molecule has 0 saturated heterocycles. The van der Waals surface area contributed by atoms with Gasteiger partial charge in [0.15, 0.2) is 0 Å². The predicted molar refractivity (Wildman–Crippen MR) is 216 cm³/mol. The monoisotopic (exact) mass is 726 g/mol. The van der Waals surface area contributed by atoms with E-state index in [1.807, 2.05) is 57.2 Å². The maximum Gasteiger partial charge on any atom is 0.227 e. The number of nitrogens with zero attached hydrogens (tertiary/aromatic N) is 4. The molecule has 5 aromatic rings. The van der Waals surface area contributed by atoms with Gasteiger partial charge in [-0.3, -0.25) is 19.6 Å². The number of rotatable bonds is 7. The summed E-state index contributed by atoms with van der Waals surface area (Å²) in [6.45, 7) is 6.03. The van der Waals surface area contributed by atoms with Crippen LogP contribution in [0.25, 0.3) is 39.0 Å². The Morgan fingerprint density at radius 2 is 1.37 bits per heavy atom. The van der Waals surface area contributed by atoms with E-state index in [1.165, 1.54) is 44.9 Å². The molecule has 0 bridgehead atoms. The summed E-state index contributed by atoms with van der Waals surface area (Å²) in [7, 11) is 0. The van der Waals surface area contributed by atoms with Crippen LogP contribution in [0.1, 0.15) is 110 Å². The number of pyridine rings is 2. The number of fused-ring (bicyclic) bond motifs is 3. The first kappa shape index (κ1) is 37.2. The second-order valence-electron chi connectivity index (χ2n) is 16.0. The summed E-state index contributed by atoms with van der Waals surface area (Å²) in [6, 6.07) is 11.6. The highest BCUT2D eigenvalue weighted by atomic mass is 16.2. The summed E-state index contributed by atoms with van der Waals surface area (Å²) < 4.78 is 0. The van der Waals surface area contributed by atoms with Crippen molar-refractivity contribution in [3.8, 4) is 11.4 Å². The fourth-order valence-corrected chi connectivity index (χ4v) is 7.47. The van der Waals surface area contributed by atoms with Gasteiger partial charge in [0.2, 0.25) is 11.8 Å². The quantitative estimate of drug-likeness (QED) is 0.132. The van der Waals surface area contributed by atoms with Crippen molar-refractivity contribution in [3.05, 3.63) is 85.2 Å². The maximum absolute atomic E-state index is 12.5. The Bertz CT molecular complexity index is 2040. The number of nitrogens with one attached hydrogen (secondary N) is 4. The first-order valence-electron chi connectivity index (χ1n) is 20.0. The van der Waals surface area contributed by atoms with Gasteiger partial charge in [0.1, 0.15) is 11.6 Å². The fourth-order valence-electron chi connectivity index (χ4n) is 7.47. The first-order chi connectivity index (χ1) is 26.2. The van der Waals surface area contributed by atoms with E-state index in [9.17, 15) is 9.59 Å². The van der Waals surface area contributed by atoms with Gasteiger partial charge in [-0.2, -0.15) is 0 Å². The summed E-state index contributed by atoms with van der Waals surface area (Å²) in [4.78, 5) is 48.7. The van der Waals surface area contributed by atoms with Crippen LogP contribution in [-0.4, -0.2) is 47.3 Å². The molecule has 10 nitrogen and oxygen atoms in total. The number of carbonyl (C=O) groups is 2. The van der Waals surface area contributed by atoms with Crippen molar-refractivity contribution in [1.82, 2.24) is 35.2 Å². The molecule has 1 aromatic carbocycles. The van der Waals surface area contributed by atoms with Crippen molar-refractivity contribution >= 4 is 45.1 Å². The highest BCUT2D eigenvalue weighted by Crippen LogP contribution is 2.50. The lowest BCUT2D eigenvalue weighted by Crippen LogP contribution is -2.44. The molecular formula is C44H54N8O2. The Balaban J connectivity index is 0.000000144. The largest absolute Gasteiger partial charge is 0.346 e. The Morgan fingerprint density at radius 3 is 1.94 bits per heavy atom. The van der Waals surface area contributed by atoms with Crippen molar-refractivity contribution in [2.75, 3.05) is 5.32 Å². The average Bonchev–Trinajstić information content (AvgIpc) is 3.50. The molecule has 4 heterocycles. The van der Waals surface area contributed by atoms with Crippen LogP contribution in [0.15, 0.2) is 79.4 Å². The highest BCUT2D eigenvalue weighted by molar-refractivity contribution is 5.93. The van der Waals surface area contributed by atoms with Gasteiger partial charge >= 0.3 is 0 Å². The van der Waals surface area contributed by atoms with E-state index < -0.39 is 0 Å². The van der Waals surface area contributed by atoms with Gasteiger partial charge in [-0.05, 0) is 62.1 Å². The van der Waals surface area contributed by atoms with E-state index in [-0.39, 0.29) is 28.7 Å². The Labute approximate surface area is 318 Å². The van der Waals surface area contributed by atoms with E-state index >= 15 is 0 Å². The van der Waals surface area contributed by atoms with Crippen LogP contribution in [0.5, 0.6) is 0 Å². The molecule has 0 aliphatic heterocycles. The molecule has 2 amide bonds. The molecule has 2 unspecified atom stereocenters. The summed E-state index contributed by atoms with van der Waals surface area (Å²) in [5.41, 5.74) is 6.05. The van der Waals surface area contributed by atoms with Crippen LogP contribution in [0.3, 0.4) is 0 Å². The lowest BCUT2D eigenvalue weighted by molar-refractivity contribution is -0.130. The molecule has 4 N–H and O–H groups in total. The van der Waals surface area contributed by atoms with Crippen molar-refractivity contribution in [2.24, 2.45) is 17.3 Å². The molecule has 4 aromatic heterocycles. The molecule has 54 heavy (non-hydrogen) atoms. The third kappa shape index (κ3) is 8.80. The molecule has 282 valence electrons. The highest BCUT2D eigenvalue weighted by Gasteiger charge is 2.54. The van der Waals surface area contributed by atoms with Gasteiger partial charge < -0.3 is 20.6 Å². The molecule has 0 spiro atoms. The topological polar surface area (TPSA) is 141 Å². The second kappa shape index (κ2) is 16.5. The Hall–Kier alpha value is -5.12. The van der Waals surface area contributed by atoms with Gasteiger partial charge in [-0.15, -0.1) is 0 Å². The van der Waals surface area contributed by atoms with Gasteiger partial charge in [0.25, 0.3) is 0 Å². The van der Waals surface area contributed by atoms with Crippen LogP contribution in [0, 0.1) is 17.3 Å². The van der Waals surface area contributed by atoms with E-state index in [4.69, 9.17) is 0 Å². The molecule has 4 aliphatic carbocycles. The minimum absolute atomic E-state index is 0.129. The van der Waals surface area contributed by atoms with Crippen LogP contribution >= 0.6 is 0 Å². The second-order valence-corrected chi connectivity index (χ2v) is 16.0. The van der Waals surface area contributed by atoms with Crippen LogP contribution in [-0.2, 0) is 9.59 Å². The number of carbonyl (C=O) groups excluding carboxylic acids is 2. The molecule has 10 heteroatoms. The van der Waals surface area contributed by atoms with E-state index in [0.717, 1.165) is 89.1 Å². The number of hydrogen-bond donors (Lipinski definition) is 4. The summed E-state index contributed by atoms with van der Waals surface area (Å²) in [6.07, 6.45) is 29.8. The lowest BCUT2D eigenvalue weighted by Gasteiger charge is -2.26. The van der Waals surface area contributed by atoms with E-state index in [0.29, 0.717) is 5.92 Å². The average molecular weight is 727 g/mol. The summed E-state index contributed by atoms with van der Waals surface area (Å²) in [5.74, 6) is 2.46. The lowest BCUT2D eigenvalue weighted by atomic mass is 9.88. The van der Waals surface area contributed by atoms with Crippen molar-refractivity contribution in [1.29, 1.82) is 0 Å². The van der Waals surface area contributed by atoms with Gasteiger partial charge in [-0.1, -0.05) is 96.8 Å². The van der Waals surface area contributed by atoms with Crippen molar-refractivity contribution in [3.63, 3.8) is 0 Å². The fraction of sp³-hybridized carbons (Fsp3) is 0.455. The van der Waals surface area contributed by atoms with Crippen LogP contribution in [0.4, 0.5) is 5.69 Å². The van der Waals surface area contributed by atoms with Crippen LogP contribution in [0.2, 0.25) is 0 Å². The zero-order valence-corrected chi connectivity index (χ0v) is 32.0. The van der Waals surface area contributed by atoms with E-state index in [2.05, 4.69) is 58.8 Å². The number of H-pyrrole nitrogens is 2. The third-order valence-electron chi connectivity index (χ3n) is 11.6. The third-order valence-corrected chi connectivity index (χ3v) is 11.6. The maximum atomic E-state index is 12.5. The minimum Gasteiger partial charge on any atom is -0.346 e. The smallest absolute Gasteiger partial charge is 0.227 e. The normalized spacial score (nSPS) is 20.8. The Kier molecular flexibility index (Phi) is 11.4. The zero-order valence-electron chi connectivity index (χ0n) is 32.0. The number of aromatic amines is 2. The molecule has 3 fully saturated rings.